The molecular weight excluding hydrogens is 510 g/mol. The molecule has 2 atom stereocenters. The molecule has 1 aliphatic rings. The minimum atomic E-state index is -1.09. The second-order valence-electron chi connectivity index (χ2n) is 6.88. The number of hydrogen-bond acceptors (Lipinski definition) is 5. The molecule has 0 saturated heterocycles. The van der Waals surface area contributed by atoms with Crippen molar-refractivity contribution in [1.82, 2.24) is 4.57 Å². The molecule has 158 valence electrons. The van der Waals surface area contributed by atoms with Gasteiger partial charge in [0.15, 0.2) is 0 Å². The fraction of sp³-hybridized carbons (Fsp3) is 0.0909. The Labute approximate surface area is 206 Å². The number of nitrogens with zero attached hydrogens (tertiary/aromatic N) is 3. The van der Waals surface area contributed by atoms with Crippen LogP contribution in [0.1, 0.15) is 17.0 Å². The highest BCUT2D eigenvalue weighted by Crippen LogP contribution is 2.39. The van der Waals surface area contributed by atoms with E-state index in [4.69, 9.17) is 51.8 Å². The zero-order chi connectivity index (χ0) is 23.2. The number of aromatic nitrogens is 1. The van der Waals surface area contributed by atoms with Crippen molar-refractivity contribution in [3.63, 3.8) is 0 Å². The number of benzene rings is 2. The van der Waals surface area contributed by atoms with Crippen LogP contribution in [0.4, 0.5) is 0 Å². The lowest BCUT2D eigenvalue weighted by Crippen LogP contribution is -2.45. The largest absolute Gasteiger partial charge is 0.287 e. The van der Waals surface area contributed by atoms with Crippen molar-refractivity contribution in [2.45, 2.75) is 5.92 Å². The first-order valence-corrected chi connectivity index (χ1v) is 11.4. The molecule has 0 saturated carbocycles. The van der Waals surface area contributed by atoms with E-state index in [2.05, 4.69) is 12.1 Å². The van der Waals surface area contributed by atoms with Crippen LogP contribution in [0.2, 0.25) is 20.1 Å². The number of rotatable bonds is 2. The van der Waals surface area contributed by atoms with E-state index in [1.807, 2.05) is 0 Å². The Morgan fingerprint density at radius 3 is 2.28 bits per heavy atom. The van der Waals surface area contributed by atoms with Crippen LogP contribution in [0.3, 0.4) is 0 Å². The molecule has 0 amide bonds. The summed E-state index contributed by atoms with van der Waals surface area (Å²) in [6.07, 6.45) is 1.57. The monoisotopic (exact) mass is 518 g/mol. The molecule has 4 rings (SSSR count). The third kappa shape index (κ3) is 3.75. The fourth-order valence-corrected chi connectivity index (χ4v) is 5.70. The van der Waals surface area contributed by atoms with Gasteiger partial charge >= 0.3 is 0 Å². The Hall–Kier alpha value is -2.58. The van der Waals surface area contributed by atoms with E-state index in [1.165, 1.54) is 6.07 Å². The van der Waals surface area contributed by atoms with Gasteiger partial charge in [0.1, 0.15) is 16.4 Å². The molecule has 0 fully saturated rings. The molecule has 1 aromatic heterocycles. The predicted molar refractivity (Wildman–Crippen MR) is 128 cm³/mol. The van der Waals surface area contributed by atoms with E-state index in [-0.39, 0.29) is 25.6 Å². The second kappa shape index (κ2) is 8.75. The maximum atomic E-state index is 13.1. The smallest absolute Gasteiger partial charge is 0.274 e. The van der Waals surface area contributed by atoms with Gasteiger partial charge in [-0.25, -0.2) is 0 Å². The lowest BCUT2D eigenvalue weighted by molar-refractivity contribution is 0.711. The van der Waals surface area contributed by atoms with Gasteiger partial charge in [-0.05, 0) is 41.5 Å². The van der Waals surface area contributed by atoms with Crippen molar-refractivity contribution >= 4 is 75.2 Å². The van der Waals surface area contributed by atoms with Gasteiger partial charge in [0.25, 0.3) is 5.56 Å². The quantitative estimate of drug-likeness (QED) is 0.527. The molecule has 3 aromatic rings. The summed E-state index contributed by atoms with van der Waals surface area (Å²) in [5, 5.41) is 29.9. The number of nitriles is 2. The van der Waals surface area contributed by atoms with E-state index in [0.29, 0.717) is 26.2 Å². The molecule has 0 bridgehead atoms. The summed E-state index contributed by atoms with van der Waals surface area (Å²) in [7, 11) is 0. The van der Waals surface area contributed by atoms with Gasteiger partial charge in [0.2, 0.25) is 0 Å². The minimum absolute atomic E-state index is 0.181. The van der Waals surface area contributed by atoms with Crippen LogP contribution >= 0.6 is 57.7 Å². The summed E-state index contributed by atoms with van der Waals surface area (Å²) in [6.45, 7) is 0. The first-order valence-electron chi connectivity index (χ1n) is 9.03. The van der Waals surface area contributed by atoms with E-state index in [1.54, 1.807) is 36.4 Å². The van der Waals surface area contributed by atoms with Gasteiger partial charge in [0.05, 0.1) is 22.2 Å². The number of thiazole rings is 1. The Kier molecular flexibility index (Phi) is 6.18. The minimum Gasteiger partial charge on any atom is -0.287 e. The van der Waals surface area contributed by atoms with Crippen LogP contribution < -0.4 is 14.8 Å². The maximum Gasteiger partial charge on any atom is 0.274 e. The number of halogens is 4. The summed E-state index contributed by atoms with van der Waals surface area (Å²) in [6, 6.07) is 13.8. The molecule has 0 spiro atoms. The van der Waals surface area contributed by atoms with Gasteiger partial charge in [-0.2, -0.15) is 10.5 Å². The standard InChI is InChI=1S/C22H10Cl4N4OS/c23-11-2-1-10(16(25)6-11)5-18-21(31)30-20(29)14(8-27)19(15(9-28)22(30)32-18)13-4-3-12(24)7-17(13)26/h1-7,14,19,29H. The van der Waals surface area contributed by atoms with Crippen molar-refractivity contribution < 1.29 is 0 Å². The van der Waals surface area contributed by atoms with Gasteiger partial charge in [-0.15, -0.1) is 11.3 Å². The topological polar surface area (TPSA) is 93.4 Å². The lowest BCUT2D eigenvalue weighted by atomic mass is 9.79. The highest BCUT2D eigenvalue weighted by molar-refractivity contribution is 7.07. The fourth-order valence-electron chi connectivity index (χ4n) is 3.58. The Bertz CT molecular complexity index is 1560. The van der Waals surface area contributed by atoms with Crippen LogP contribution in [0, 0.1) is 34.0 Å². The van der Waals surface area contributed by atoms with Gasteiger partial charge in [0, 0.05) is 26.0 Å². The van der Waals surface area contributed by atoms with Crippen molar-refractivity contribution in [3.8, 4) is 12.1 Å². The highest BCUT2D eigenvalue weighted by Gasteiger charge is 2.39. The van der Waals surface area contributed by atoms with Crippen LogP contribution in [-0.2, 0) is 0 Å². The molecule has 0 aliphatic carbocycles. The zero-order valence-electron chi connectivity index (χ0n) is 15.9. The number of nitrogens with one attached hydrogen (secondary N) is 1. The highest BCUT2D eigenvalue weighted by atomic mass is 35.5. The lowest BCUT2D eigenvalue weighted by Gasteiger charge is -2.27. The van der Waals surface area contributed by atoms with E-state index in [9.17, 15) is 15.3 Å². The van der Waals surface area contributed by atoms with Crippen LogP contribution in [0.25, 0.3) is 11.6 Å². The average molecular weight is 520 g/mol. The van der Waals surface area contributed by atoms with Crippen LogP contribution in [0.5, 0.6) is 0 Å². The molecule has 1 aliphatic heterocycles. The molecule has 0 radical (unpaired) electrons. The first-order chi connectivity index (χ1) is 15.3. The molecule has 5 nitrogen and oxygen atoms in total. The molecule has 32 heavy (non-hydrogen) atoms. The first kappa shape index (κ1) is 22.6. The Morgan fingerprint density at radius 1 is 1.03 bits per heavy atom. The normalized spacial score (nSPS) is 18.2. The Balaban J connectivity index is 2.05. The molecule has 2 aromatic carbocycles. The summed E-state index contributed by atoms with van der Waals surface area (Å²) in [5.74, 6) is -2.12. The van der Waals surface area contributed by atoms with Crippen molar-refractivity contribution in [3.05, 3.63) is 87.2 Å². The third-order valence-corrected chi connectivity index (χ3v) is 7.27. The number of hydrogen-bond donors (Lipinski definition) is 1. The molecule has 1 N–H and O–H groups in total. The van der Waals surface area contributed by atoms with Crippen molar-refractivity contribution in [2.75, 3.05) is 0 Å². The SMILES string of the molecule is N#CC1=c2sc(=Cc3ccc(Cl)cc3Cl)c(=O)n2C(=N)C(C#N)C1c1ccc(Cl)cc1Cl. The van der Waals surface area contributed by atoms with Gasteiger partial charge < -0.3 is 0 Å². The van der Waals surface area contributed by atoms with E-state index in [0.717, 1.165) is 15.9 Å². The molecule has 2 unspecified atom stereocenters. The van der Waals surface area contributed by atoms with Crippen molar-refractivity contribution in [2.24, 2.45) is 5.92 Å². The summed E-state index contributed by atoms with van der Waals surface area (Å²) >= 11 is 25.6. The third-order valence-electron chi connectivity index (χ3n) is 5.04. The summed E-state index contributed by atoms with van der Waals surface area (Å²) in [4.78, 5) is 13.1. The van der Waals surface area contributed by atoms with Gasteiger partial charge in [-0.3, -0.25) is 14.8 Å². The molecular formula is C22H10Cl4N4OS. The van der Waals surface area contributed by atoms with Crippen LogP contribution in [-0.4, -0.2) is 10.4 Å². The Morgan fingerprint density at radius 2 is 1.69 bits per heavy atom. The van der Waals surface area contributed by atoms with Crippen molar-refractivity contribution in [1.29, 1.82) is 15.9 Å². The zero-order valence-corrected chi connectivity index (χ0v) is 19.7. The molecule has 2 heterocycles. The summed E-state index contributed by atoms with van der Waals surface area (Å²) < 4.78 is 1.65. The average Bonchev–Trinajstić information content (AvgIpc) is 3.06. The maximum absolute atomic E-state index is 13.1. The van der Waals surface area contributed by atoms with E-state index >= 15 is 0 Å². The molecule has 10 heteroatoms. The summed E-state index contributed by atoms with van der Waals surface area (Å²) in [5.41, 5.74) is 0.726. The van der Waals surface area contributed by atoms with Crippen LogP contribution in [0.15, 0.2) is 41.2 Å². The second-order valence-corrected chi connectivity index (χ2v) is 9.60. The van der Waals surface area contributed by atoms with E-state index < -0.39 is 17.4 Å². The predicted octanol–water partition coefficient (Wildman–Crippen LogP) is 4.79. The van der Waals surface area contributed by atoms with Gasteiger partial charge in [-0.1, -0.05) is 58.5 Å². The number of fused-ring (bicyclic) bond motifs is 1.